The summed E-state index contributed by atoms with van der Waals surface area (Å²) in [5, 5.41) is 3.32. The van der Waals surface area contributed by atoms with Crippen LogP contribution in [-0.4, -0.2) is 44.1 Å². The van der Waals surface area contributed by atoms with Gasteiger partial charge in [0.1, 0.15) is 0 Å². The van der Waals surface area contributed by atoms with E-state index in [2.05, 4.69) is 12.2 Å². The Morgan fingerprint density at radius 2 is 2.29 bits per heavy atom. The number of rotatable bonds is 4. The van der Waals surface area contributed by atoms with Crippen molar-refractivity contribution >= 4 is 5.91 Å². The number of methoxy groups -OCH3 is 1. The molecule has 1 N–H and O–H groups in total. The third kappa shape index (κ3) is 3.35. The summed E-state index contributed by atoms with van der Waals surface area (Å²) in [5.41, 5.74) is 0.478. The number of carbonyl (C=O) groups is 1. The summed E-state index contributed by atoms with van der Waals surface area (Å²) in [4.78, 5) is 14.4. The Balaban J connectivity index is 2.13. The number of nitrogens with one attached hydrogen (secondary N) is 1. The van der Waals surface area contributed by atoms with Crippen LogP contribution < -0.4 is 10.1 Å². The van der Waals surface area contributed by atoms with Crippen LogP contribution >= 0.6 is 0 Å². The van der Waals surface area contributed by atoms with Crippen LogP contribution in [0, 0.1) is 11.7 Å². The Morgan fingerprint density at radius 3 is 2.90 bits per heavy atom. The van der Waals surface area contributed by atoms with Crippen LogP contribution in [0.2, 0.25) is 0 Å². The number of halogens is 1. The number of benzene rings is 1. The van der Waals surface area contributed by atoms with Crippen LogP contribution in [-0.2, 0) is 0 Å². The van der Waals surface area contributed by atoms with Crippen LogP contribution in [0.5, 0.6) is 5.75 Å². The lowest BCUT2D eigenvalue weighted by Crippen LogP contribution is -2.50. The molecule has 0 radical (unpaired) electrons. The highest BCUT2D eigenvalue weighted by Gasteiger charge is 2.30. The summed E-state index contributed by atoms with van der Waals surface area (Å²) >= 11 is 0. The summed E-state index contributed by atoms with van der Waals surface area (Å²) in [6.07, 6.45) is 1.97. The molecule has 1 amide bonds. The first kappa shape index (κ1) is 15.8. The topological polar surface area (TPSA) is 41.6 Å². The lowest BCUT2D eigenvalue weighted by atomic mass is 9.89. The smallest absolute Gasteiger partial charge is 0.254 e. The molecule has 5 heteroatoms. The molecule has 1 aromatic rings. The van der Waals surface area contributed by atoms with Gasteiger partial charge in [-0.3, -0.25) is 4.79 Å². The van der Waals surface area contributed by atoms with Crippen LogP contribution in [0.4, 0.5) is 4.39 Å². The minimum atomic E-state index is -0.450. The van der Waals surface area contributed by atoms with E-state index in [1.54, 1.807) is 0 Å². The first-order valence-corrected chi connectivity index (χ1v) is 7.40. The minimum Gasteiger partial charge on any atom is -0.494 e. The predicted molar refractivity (Wildman–Crippen MR) is 80.1 cm³/mol. The lowest BCUT2D eigenvalue weighted by molar-refractivity contribution is 0.0631. The normalized spacial score (nSPS) is 22.2. The third-order valence-corrected chi connectivity index (χ3v) is 4.31. The van der Waals surface area contributed by atoms with Crippen molar-refractivity contribution in [2.75, 3.05) is 27.2 Å². The maximum absolute atomic E-state index is 13.4. The molecule has 4 nitrogen and oxygen atoms in total. The van der Waals surface area contributed by atoms with E-state index in [0.717, 1.165) is 25.9 Å². The van der Waals surface area contributed by atoms with Crippen molar-refractivity contribution in [2.45, 2.75) is 25.8 Å². The van der Waals surface area contributed by atoms with Crippen molar-refractivity contribution in [2.24, 2.45) is 5.92 Å². The quantitative estimate of drug-likeness (QED) is 0.926. The Bertz CT molecular complexity index is 507. The van der Waals surface area contributed by atoms with E-state index in [9.17, 15) is 9.18 Å². The molecule has 0 saturated carbocycles. The molecule has 2 atom stereocenters. The molecule has 21 heavy (non-hydrogen) atoms. The SMILES string of the molecule is CCC1CN(C(=O)c2ccc(F)c(OC)c2)CCC1NC. The second kappa shape index (κ2) is 6.89. The van der Waals surface area contributed by atoms with Gasteiger partial charge in [-0.15, -0.1) is 0 Å². The fourth-order valence-corrected chi connectivity index (χ4v) is 2.99. The molecule has 1 aliphatic heterocycles. The van der Waals surface area contributed by atoms with E-state index >= 15 is 0 Å². The Hall–Kier alpha value is -1.62. The summed E-state index contributed by atoms with van der Waals surface area (Å²) in [6.45, 7) is 3.60. The van der Waals surface area contributed by atoms with Gasteiger partial charge in [0.25, 0.3) is 5.91 Å². The molecule has 1 aliphatic rings. The summed E-state index contributed by atoms with van der Waals surface area (Å²) in [7, 11) is 3.37. The van der Waals surface area contributed by atoms with E-state index in [1.807, 2.05) is 11.9 Å². The Morgan fingerprint density at radius 1 is 1.52 bits per heavy atom. The Kier molecular flexibility index (Phi) is 5.17. The van der Waals surface area contributed by atoms with Crippen molar-refractivity contribution in [3.05, 3.63) is 29.6 Å². The second-order valence-corrected chi connectivity index (χ2v) is 5.45. The number of hydrogen-bond acceptors (Lipinski definition) is 3. The first-order chi connectivity index (χ1) is 10.1. The van der Waals surface area contributed by atoms with Crippen molar-refractivity contribution in [3.63, 3.8) is 0 Å². The number of piperidine rings is 1. The monoisotopic (exact) mass is 294 g/mol. The van der Waals surface area contributed by atoms with Gasteiger partial charge in [0.2, 0.25) is 0 Å². The van der Waals surface area contributed by atoms with E-state index < -0.39 is 5.82 Å². The molecule has 0 spiro atoms. The maximum atomic E-state index is 13.4. The first-order valence-electron chi connectivity index (χ1n) is 7.40. The molecule has 0 bridgehead atoms. The number of ether oxygens (including phenoxy) is 1. The third-order valence-electron chi connectivity index (χ3n) is 4.31. The Labute approximate surface area is 125 Å². The fraction of sp³-hybridized carbons (Fsp3) is 0.562. The van der Waals surface area contributed by atoms with Gasteiger partial charge in [-0.2, -0.15) is 0 Å². The molecular weight excluding hydrogens is 271 g/mol. The van der Waals surface area contributed by atoms with Crippen LogP contribution in [0.1, 0.15) is 30.1 Å². The fourth-order valence-electron chi connectivity index (χ4n) is 2.99. The summed E-state index contributed by atoms with van der Waals surface area (Å²) in [6, 6.07) is 4.74. The summed E-state index contributed by atoms with van der Waals surface area (Å²) in [5.74, 6) is 0.0590. The molecule has 116 valence electrons. The van der Waals surface area contributed by atoms with E-state index in [4.69, 9.17) is 4.74 Å². The largest absolute Gasteiger partial charge is 0.494 e. The molecule has 1 fully saturated rings. The number of carbonyl (C=O) groups excluding carboxylic acids is 1. The number of hydrogen-bond donors (Lipinski definition) is 1. The molecule has 0 aromatic heterocycles. The predicted octanol–water partition coefficient (Wildman–Crippen LogP) is 2.29. The van der Waals surface area contributed by atoms with Crippen LogP contribution in [0.25, 0.3) is 0 Å². The molecule has 1 saturated heterocycles. The number of nitrogens with zero attached hydrogens (tertiary/aromatic N) is 1. The van der Waals surface area contributed by atoms with Gasteiger partial charge in [0.05, 0.1) is 7.11 Å². The van der Waals surface area contributed by atoms with E-state index in [1.165, 1.54) is 25.3 Å². The van der Waals surface area contributed by atoms with Gasteiger partial charge >= 0.3 is 0 Å². The molecule has 2 rings (SSSR count). The highest BCUT2D eigenvalue weighted by atomic mass is 19.1. The standard InChI is InChI=1S/C16H23FN2O2/c1-4-11-10-19(8-7-14(11)18-2)16(20)12-5-6-13(17)15(9-12)21-3/h5-6,9,11,14,18H,4,7-8,10H2,1-3H3. The van der Waals surface area contributed by atoms with Gasteiger partial charge in [-0.1, -0.05) is 13.3 Å². The zero-order valence-electron chi connectivity index (χ0n) is 12.9. The highest BCUT2D eigenvalue weighted by Crippen LogP contribution is 2.24. The molecule has 1 aromatic carbocycles. The van der Waals surface area contributed by atoms with Crippen molar-refractivity contribution in [3.8, 4) is 5.75 Å². The number of likely N-dealkylation sites (tertiary alicyclic amines) is 1. The minimum absolute atomic E-state index is 0.0543. The van der Waals surface area contributed by atoms with Gasteiger partial charge < -0.3 is 15.0 Å². The van der Waals surface area contributed by atoms with Crippen molar-refractivity contribution in [1.82, 2.24) is 10.2 Å². The zero-order chi connectivity index (χ0) is 15.4. The van der Waals surface area contributed by atoms with Gasteiger partial charge in [-0.05, 0) is 37.6 Å². The highest BCUT2D eigenvalue weighted by molar-refractivity contribution is 5.94. The summed E-state index contributed by atoms with van der Waals surface area (Å²) < 4.78 is 18.4. The lowest BCUT2D eigenvalue weighted by Gasteiger charge is -2.38. The average molecular weight is 294 g/mol. The second-order valence-electron chi connectivity index (χ2n) is 5.45. The maximum Gasteiger partial charge on any atom is 0.254 e. The molecule has 2 unspecified atom stereocenters. The van der Waals surface area contributed by atoms with Crippen molar-refractivity contribution in [1.29, 1.82) is 0 Å². The van der Waals surface area contributed by atoms with Gasteiger partial charge in [0.15, 0.2) is 11.6 Å². The molecule has 1 heterocycles. The zero-order valence-corrected chi connectivity index (χ0v) is 12.9. The molecular formula is C16H23FN2O2. The van der Waals surface area contributed by atoms with Crippen molar-refractivity contribution < 1.29 is 13.9 Å². The van der Waals surface area contributed by atoms with Gasteiger partial charge in [-0.25, -0.2) is 4.39 Å². The average Bonchev–Trinajstić information content (AvgIpc) is 2.53. The van der Waals surface area contributed by atoms with E-state index in [-0.39, 0.29) is 11.7 Å². The van der Waals surface area contributed by atoms with Crippen LogP contribution in [0.3, 0.4) is 0 Å². The van der Waals surface area contributed by atoms with E-state index in [0.29, 0.717) is 17.5 Å². The van der Waals surface area contributed by atoms with Gasteiger partial charge in [0, 0.05) is 24.7 Å². The van der Waals surface area contributed by atoms with Crippen LogP contribution in [0.15, 0.2) is 18.2 Å². The number of amides is 1. The molecule has 0 aliphatic carbocycles.